The molecular weight excluding hydrogens is 248 g/mol. The van der Waals surface area contributed by atoms with Gasteiger partial charge in [-0.1, -0.05) is 0 Å². The molecule has 0 aromatic carbocycles. The lowest BCUT2D eigenvalue weighted by atomic mass is 10.3. The number of hydrogen-bond donors (Lipinski definition) is 0. The first kappa shape index (κ1) is 16.0. The summed E-state index contributed by atoms with van der Waals surface area (Å²) in [6, 6.07) is 8.01. The Morgan fingerprint density at radius 2 is 1.15 bits per heavy atom. The predicted molar refractivity (Wildman–Crippen MR) is 86.4 cm³/mol. The molecule has 0 aliphatic heterocycles. The van der Waals surface area contributed by atoms with E-state index in [1.807, 2.05) is 55.7 Å². The van der Waals surface area contributed by atoms with E-state index in [1.165, 1.54) is 11.4 Å². The lowest BCUT2D eigenvalue weighted by molar-refractivity contribution is 0.865. The van der Waals surface area contributed by atoms with Crippen LogP contribution in [0.5, 0.6) is 0 Å². The van der Waals surface area contributed by atoms with Crippen LogP contribution in [0.15, 0.2) is 49.1 Å². The number of pyridine rings is 2. The molecule has 0 aliphatic carbocycles. The number of rotatable bonds is 4. The van der Waals surface area contributed by atoms with Crippen LogP contribution < -0.4 is 9.80 Å². The fraction of sp³-hybridized carbons (Fsp3) is 0.375. The van der Waals surface area contributed by atoms with Gasteiger partial charge in [0.1, 0.15) is 0 Å². The number of nitrogens with zero attached hydrogens (tertiary/aromatic N) is 4. The van der Waals surface area contributed by atoms with Crippen molar-refractivity contribution in [1.82, 2.24) is 9.97 Å². The van der Waals surface area contributed by atoms with Crippen molar-refractivity contribution in [2.75, 3.05) is 37.0 Å². The fourth-order valence-electron chi connectivity index (χ4n) is 1.79. The van der Waals surface area contributed by atoms with E-state index in [1.54, 1.807) is 12.4 Å². The number of hydrogen-bond acceptors (Lipinski definition) is 4. The maximum absolute atomic E-state index is 3.97. The Morgan fingerprint density at radius 3 is 1.45 bits per heavy atom. The summed E-state index contributed by atoms with van der Waals surface area (Å²) in [4.78, 5) is 12.2. The Hall–Kier alpha value is -2.10. The van der Waals surface area contributed by atoms with E-state index in [0.717, 1.165) is 13.1 Å². The average Bonchev–Trinajstić information content (AvgIpc) is 2.51. The normalized spacial score (nSPS) is 9.40. The zero-order chi connectivity index (χ0) is 14.8. The first-order valence-electron chi connectivity index (χ1n) is 6.91. The summed E-state index contributed by atoms with van der Waals surface area (Å²) >= 11 is 0. The third-order valence-electron chi connectivity index (χ3n) is 2.97. The van der Waals surface area contributed by atoms with Crippen LogP contribution in [-0.4, -0.2) is 37.2 Å². The van der Waals surface area contributed by atoms with Gasteiger partial charge in [0.25, 0.3) is 0 Å². The highest BCUT2D eigenvalue weighted by molar-refractivity contribution is 5.44. The molecule has 0 unspecified atom stereocenters. The second-order valence-corrected chi connectivity index (χ2v) is 4.48. The van der Waals surface area contributed by atoms with Crippen molar-refractivity contribution >= 4 is 11.4 Å². The molecular formula is C16H24N4. The molecule has 0 saturated carbocycles. The third kappa shape index (κ3) is 5.26. The molecule has 2 rings (SSSR count). The Morgan fingerprint density at radius 1 is 0.750 bits per heavy atom. The summed E-state index contributed by atoms with van der Waals surface area (Å²) in [5.41, 5.74) is 2.44. The highest BCUT2D eigenvalue weighted by atomic mass is 15.1. The van der Waals surface area contributed by atoms with Crippen LogP contribution in [0, 0.1) is 0 Å². The zero-order valence-electron chi connectivity index (χ0n) is 12.8. The largest absolute Gasteiger partial charge is 0.378 e. The first-order chi connectivity index (χ1) is 9.69. The maximum Gasteiger partial charge on any atom is 0.0396 e. The molecule has 0 aliphatic rings. The van der Waals surface area contributed by atoms with E-state index in [0.29, 0.717) is 0 Å². The van der Waals surface area contributed by atoms with Gasteiger partial charge in [-0.25, -0.2) is 0 Å². The van der Waals surface area contributed by atoms with Crippen molar-refractivity contribution < 1.29 is 0 Å². The van der Waals surface area contributed by atoms with Crippen LogP contribution in [0.25, 0.3) is 0 Å². The van der Waals surface area contributed by atoms with Crippen molar-refractivity contribution in [3.8, 4) is 0 Å². The van der Waals surface area contributed by atoms with E-state index in [2.05, 4.69) is 28.7 Å². The van der Waals surface area contributed by atoms with Crippen LogP contribution in [0.4, 0.5) is 11.4 Å². The van der Waals surface area contributed by atoms with Gasteiger partial charge in [-0.2, -0.15) is 0 Å². The molecule has 2 aromatic heterocycles. The number of anilines is 2. The van der Waals surface area contributed by atoms with Gasteiger partial charge in [0, 0.05) is 63.3 Å². The molecule has 0 atom stereocenters. The second kappa shape index (κ2) is 8.91. The van der Waals surface area contributed by atoms with E-state index in [9.17, 15) is 0 Å². The van der Waals surface area contributed by atoms with Crippen LogP contribution in [-0.2, 0) is 0 Å². The van der Waals surface area contributed by atoms with Crippen molar-refractivity contribution in [3.63, 3.8) is 0 Å². The Kier molecular flexibility index (Phi) is 7.11. The predicted octanol–water partition coefficient (Wildman–Crippen LogP) is 3.08. The van der Waals surface area contributed by atoms with Gasteiger partial charge in [-0.05, 0) is 38.1 Å². The molecule has 4 nitrogen and oxygen atoms in total. The molecule has 0 spiro atoms. The summed E-state index contributed by atoms with van der Waals surface area (Å²) in [6.45, 7) is 6.43. The molecule has 108 valence electrons. The van der Waals surface area contributed by atoms with Gasteiger partial charge in [-0.3, -0.25) is 9.97 Å². The van der Waals surface area contributed by atoms with E-state index in [4.69, 9.17) is 0 Å². The Balaban J connectivity index is 0.000000204. The topological polar surface area (TPSA) is 32.3 Å². The summed E-state index contributed by atoms with van der Waals surface area (Å²) in [6.07, 6.45) is 7.23. The van der Waals surface area contributed by atoms with Crippen LogP contribution in [0.2, 0.25) is 0 Å². The SMILES string of the molecule is CCN(CC)c1ccncc1.CN(C)c1ccncc1. The van der Waals surface area contributed by atoms with Crippen molar-refractivity contribution in [1.29, 1.82) is 0 Å². The Labute approximate surface area is 122 Å². The molecule has 20 heavy (non-hydrogen) atoms. The van der Waals surface area contributed by atoms with Crippen molar-refractivity contribution in [3.05, 3.63) is 49.1 Å². The van der Waals surface area contributed by atoms with Gasteiger partial charge < -0.3 is 9.80 Å². The maximum atomic E-state index is 3.97. The van der Waals surface area contributed by atoms with Gasteiger partial charge in [0.15, 0.2) is 0 Å². The van der Waals surface area contributed by atoms with Gasteiger partial charge in [-0.15, -0.1) is 0 Å². The standard InChI is InChI=1S/C9H14N2.C7H10N2/c1-3-11(4-2)9-5-7-10-8-6-9;1-9(2)7-3-5-8-6-4-7/h5-8H,3-4H2,1-2H3;3-6H,1-2H3. The van der Waals surface area contributed by atoms with Gasteiger partial charge in [0.05, 0.1) is 0 Å². The minimum absolute atomic E-state index is 1.06. The smallest absolute Gasteiger partial charge is 0.0396 e. The summed E-state index contributed by atoms with van der Waals surface area (Å²) < 4.78 is 0. The van der Waals surface area contributed by atoms with Gasteiger partial charge in [0.2, 0.25) is 0 Å². The molecule has 0 radical (unpaired) electrons. The minimum Gasteiger partial charge on any atom is -0.378 e. The lowest BCUT2D eigenvalue weighted by Crippen LogP contribution is -2.21. The molecule has 4 heteroatoms. The monoisotopic (exact) mass is 272 g/mol. The molecule has 2 aromatic rings. The third-order valence-corrected chi connectivity index (χ3v) is 2.97. The minimum atomic E-state index is 1.06. The molecule has 0 N–H and O–H groups in total. The van der Waals surface area contributed by atoms with Crippen LogP contribution in [0.1, 0.15) is 13.8 Å². The van der Waals surface area contributed by atoms with Crippen LogP contribution >= 0.6 is 0 Å². The van der Waals surface area contributed by atoms with Crippen molar-refractivity contribution in [2.24, 2.45) is 0 Å². The highest BCUT2D eigenvalue weighted by Gasteiger charge is 1.97. The van der Waals surface area contributed by atoms with E-state index >= 15 is 0 Å². The quantitative estimate of drug-likeness (QED) is 0.856. The molecule has 2 heterocycles. The Bertz CT molecular complexity index is 452. The molecule has 0 fully saturated rings. The second-order valence-electron chi connectivity index (χ2n) is 4.48. The van der Waals surface area contributed by atoms with Gasteiger partial charge >= 0.3 is 0 Å². The van der Waals surface area contributed by atoms with Crippen molar-refractivity contribution in [2.45, 2.75) is 13.8 Å². The first-order valence-corrected chi connectivity index (χ1v) is 6.91. The van der Waals surface area contributed by atoms with E-state index < -0.39 is 0 Å². The lowest BCUT2D eigenvalue weighted by Gasteiger charge is -2.20. The average molecular weight is 272 g/mol. The van der Waals surface area contributed by atoms with Crippen LogP contribution in [0.3, 0.4) is 0 Å². The van der Waals surface area contributed by atoms with E-state index in [-0.39, 0.29) is 0 Å². The summed E-state index contributed by atoms with van der Waals surface area (Å²) in [5, 5.41) is 0. The highest BCUT2D eigenvalue weighted by Crippen LogP contribution is 2.10. The molecule has 0 amide bonds. The summed E-state index contributed by atoms with van der Waals surface area (Å²) in [7, 11) is 4.02. The molecule has 0 bridgehead atoms. The molecule has 0 saturated heterocycles. The summed E-state index contributed by atoms with van der Waals surface area (Å²) in [5.74, 6) is 0. The number of aromatic nitrogens is 2. The fourth-order valence-corrected chi connectivity index (χ4v) is 1.79. The zero-order valence-corrected chi connectivity index (χ0v) is 12.8.